The van der Waals surface area contributed by atoms with E-state index in [0.29, 0.717) is 22.6 Å². The fraction of sp³-hybridized carbons (Fsp3) is 0.200. The molecule has 0 aliphatic rings. The minimum absolute atomic E-state index is 0.284. The van der Waals surface area contributed by atoms with Gasteiger partial charge in [0, 0.05) is 31.5 Å². The second-order valence-electron chi connectivity index (χ2n) is 8.01. The zero-order chi connectivity index (χ0) is 24.9. The lowest BCUT2D eigenvalue weighted by Gasteiger charge is -2.10. The molecule has 2 aromatic carbocycles. The maximum absolute atomic E-state index is 13.0. The highest BCUT2D eigenvalue weighted by molar-refractivity contribution is 5.89. The molecule has 0 fully saturated rings. The minimum Gasteiger partial charge on any atom is -0.497 e. The van der Waals surface area contributed by atoms with Crippen molar-refractivity contribution in [2.24, 2.45) is 14.1 Å². The maximum atomic E-state index is 13.0. The molecule has 3 heterocycles. The van der Waals surface area contributed by atoms with Gasteiger partial charge in [-0.3, -0.25) is 22.9 Å². The van der Waals surface area contributed by atoms with Crippen LogP contribution in [0, 0.1) is 0 Å². The van der Waals surface area contributed by atoms with Gasteiger partial charge in [0.1, 0.15) is 5.75 Å². The third-order valence-electron chi connectivity index (χ3n) is 5.99. The summed E-state index contributed by atoms with van der Waals surface area (Å²) in [6.45, 7) is 2.04. The molecule has 0 amide bonds. The van der Waals surface area contributed by atoms with Crippen molar-refractivity contribution in [1.29, 1.82) is 0 Å². The Morgan fingerprint density at radius 3 is 2.29 bits per heavy atom. The van der Waals surface area contributed by atoms with E-state index in [1.807, 2.05) is 35.0 Å². The molecule has 0 N–H and O–H groups in total. The van der Waals surface area contributed by atoms with Crippen LogP contribution in [0.2, 0.25) is 0 Å². The number of carbonyl (C=O) groups is 1. The quantitative estimate of drug-likeness (QED) is 0.364. The molecule has 0 atom stereocenters. The van der Waals surface area contributed by atoms with Crippen molar-refractivity contribution in [1.82, 2.24) is 23.1 Å². The number of rotatable bonds is 5. The van der Waals surface area contributed by atoms with Crippen molar-refractivity contribution < 1.29 is 14.3 Å². The molecule has 0 unspecified atom stereocenters. The minimum atomic E-state index is -0.455. The van der Waals surface area contributed by atoms with Crippen LogP contribution in [0.3, 0.4) is 0 Å². The molecular weight excluding hydrogens is 450 g/mol. The number of nitrogens with zero attached hydrogens (tertiary/aromatic N) is 5. The second kappa shape index (κ2) is 8.32. The predicted molar refractivity (Wildman–Crippen MR) is 130 cm³/mol. The summed E-state index contributed by atoms with van der Waals surface area (Å²) in [5.41, 5.74) is 2.45. The van der Waals surface area contributed by atoms with Crippen molar-refractivity contribution in [2.75, 3.05) is 13.7 Å². The molecule has 5 aromatic rings. The fourth-order valence-electron chi connectivity index (χ4n) is 4.15. The Bertz CT molecular complexity index is 1700. The SMILES string of the molecule is CCOC(=O)c1ccc(-n2c(-c3ccc(OC)cc3)cn3c4c(=O)n(C)c(=O)n(C)c4nc23)cc1. The molecule has 5 rings (SSSR count). The normalized spacial score (nSPS) is 11.3. The summed E-state index contributed by atoms with van der Waals surface area (Å²) in [7, 11) is 4.63. The number of fused-ring (bicyclic) bond motifs is 3. The summed E-state index contributed by atoms with van der Waals surface area (Å²) in [4.78, 5) is 42.3. The zero-order valence-electron chi connectivity index (χ0n) is 19.7. The number of carbonyl (C=O) groups excluding carboxylic acids is 1. The number of aryl methyl sites for hydroxylation is 1. The van der Waals surface area contributed by atoms with Gasteiger partial charge in [0.25, 0.3) is 5.56 Å². The lowest BCUT2D eigenvalue weighted by Crippen LogP contribution is -2.37. The molecule has 0 spiro atoms. The Hall–Kier alpha value is -4.60. The van der Waals surface area contributed by atoms with Gasteiger partial charge in [0.2, 0.25) is 5.78 Å². The highest BCUT2D eigenvalue weighted by atomic mass is 16.5. The van der Waals surface area contributed by atoms with E-state index < -0.39 is 17.2 Å². The summed E-state index contributed by atoms with van der Waals surface area (Å²) < 4.78 is 16.4. The third-order valence-corrected chi connectivity index (χ3v) is 5.99. The van der Waals surface area contributed by atoms with E-state index in [9.17, 15) is 14.4 Å². The third kappa shape index (κ3) is 3.41. The highest BCUT2D eigenvalue weighted by Gasteiger charge is 2.22. The van der Waals surface area contributed by atoms with E-state index in [1.54, 1.807) is 49.7 Å². The van der Waals surface area contributed by atoms with E-state index in [4.69, 9.17) is 9.47 Å². The Labute approximate surface area is 199 Å². The molecule has 0 radical (unpaired) electrons. The number of methoxy groups -OCH3 is 1. The Morgan fingerprint density at radius 2 is 1.66 bits per heavy atom. The first-order valence-electron chi connectivity index (χ1n) is 11.0. The van der Waals surface area contributed by atoms with Crippen LogP contribution in [0.1, 0.15) is 17.3 Å². The molecule has 0 saturated heterocycles. The monoisotopic (exact) mass is 473 g/mol. The van der Waals surface area contributed by atoms with Crippen LogP contribution in [-0.2, 0) is 18.8 Å². The van der Waals surface area contributed by atoms with Crippen molar-refractivity contribution in [3.05, 3.63) is 81.1 Å². The number of imidazole rings is 2. The zero-order valence-corrected chi connectivity index (χ0v) is 19.7. The molecule has 0 bridgehead atoms. The average Bonchev–Trinajstić information content (AvgIpc) is 3.43. The van der Waals surface area contributed by atoms with Crippen LogP contribution in [-0.4, -0.2) is 42.8 Å². The van der Waals surface area contributed by atoms with E-state index in [0.717, 1.165) is 21.5 Å². The van der Waals surface area contributed by atoms with E-state index in [2.05, 4.69) is 4.98 Å². The molecule has 0 aliphatic heterocycles. The summed E-state index contributed by atoms with van der Waals surface area (Å²) in [6, 6.07) is 14.4. The topological polar surface area (TPSA) is 102 Å². The maximum Gasteiger partial charge on any atom is 0.338 e. The molecular formula is C25H23N5O5. The van der Waals surface area contributed by atoms with Gasteiger partial charge in [-0.2, -0.15) is 4.98 Å². The van der Waals surface area contributed by atoms with Gasteiger partial charge < -0.3 is 9.47 Å². The second-order valence-corrected chi connectivity index (χ2v) is 8.01. The summed E-state index contributed by atoms with van der Waals surface area (Å²) in [6.07, 6.45) is 1.82. The number of hydrogen-bond acceptors (Lipinski definition) is 6. The summed E-state index contributed by atoms with van der Waals surface area (Å²) >= 11 is 0. The Kier molecular flexibility index (Phi) is 5.28. The van der Waals surface area contributed by atoms with Crippen LogP contribution >= 0.6 is 0 Å². The van der Waals surface area contributed by atoms with Gasteiger partial charge in [-0.15, -0.1) is 0 Å². The number of esters is 1. The van der Waals surface area contributed by atoms with Gasteiger partial charge in [0.15, 0.2) is 11.2 Å². The van der Waals surface area contributed by atoms with Crippen LogP contribution < -0.4 is 16.0 Å². The van der Waals surface area contributed by atoms with Crippen LogP contribution in [0.5, 0.6) is 5.75 Å². The van der Waals surface area contributed by atoms with Gasteiger partial charge >= 0.3 is 11.7 Å². The van der Waals surface area contributed by atoms with Crippen LogP contribution in [0.15, 0.2) is 64.3 Å². The van der Waals surface area contributed by atoms with Crippen molar-refractivity contribution in [3.63, 3.8) is 0 Å². The first-order chi connectivity index (χ1) is 16.8. The van der Waals surface area contributed by atoms with Crippen molar-refractivity contribution >= 4 is 22.9 Å². The van der Waals surface area contributed by atoms with E-state index in [1.165, 1.54) is 11.6 Å². The lowest BCUT2D eigenvalue weighted by atomic mass is 10.1. The first-order valence-corrected chi connectivity index (χ1v) is 11.0. The van der Waals surface area contributed by atoms with Crippen molar-refractivity contribution in [2.45, 2.75) is 6.92 Å². The van der Waals surface area contributed by atoms with Crippen molar-refractivity contribution in [3.8, 4) is 22.7 Å². The largest absolute Gasteiger partial charge is 0.497 e. The molecule has 0 saturated carbocycles. The summed E-state index contributed by atoms with van der Waals surface area (Å²) in [5, 5.41) is 0. The molecule has 178 valence electrons. The molecule has 0 aliphatic carbocycles. The smallest absolute Gasteiger partial charge is 0.338 e. The average molecular weight is 473 g/mol. The molecule has 3 aromatic heterocycles. The number of benzene rings is 2. The van der Waals surface area contributed by atoms with Gasteiger partial charge in [0.05, 0.1) is 25.0 Å². The number of hydrogen-bond donors (Lipinski definition) is 0. The predicted octanol–water partition coefficient (Wildman–Crippen LogP) is 2.53. The highest BCUT2D eigenvalue weighted by Crippen LogP contribution is 2.30. The molecule has 35 heavy (non-hydrogen) atoms. The molecule has 10 nitrogen and oxygen atoms in total. The number of aromatic nitrogens is 5. The lowest BCUT2D eigenvalue weighted by molar-refractivity contribution is 0.0526. The Balaban J connectivity index is 1.81. The number of ether oxygens (including phenoxy) is 2. The first kappa shape index (κ1) is 22.2. The van der Waals surface area contributed by atoms with E-state index in [-0.39, 0.29) is 12.3 Å². The van der Waals surface area contributed by atoms with Crippen LogP contribution in [0.25, 0.3) is 33.9 Å². The Morgan fingerprint density at radius 1 is 0.971 bits per heavy atom. The molecule has 10 heteroatoms. The van der Waals surface area contributed by atoms with Gasteiger partial charge in [-0.05, 0) is 55.5 Å². The van der Waals surface area contributed by atoms with Gasteiger partial charge in [-0.1, -0.05) is 0 Å². The summed E-state index contributed by atoms with van der Waals surface area (Å²) in [5.74, 6) is 0.759. The van der Waals surface area contributed by atoms with Gasteiger partial charge in [-0.25, -0.2) is 9.59 Å². The van der Waals surface area contributed by atoms with E-state index >= 15 is 0 Å². The standard InChI is InChI=1S/C25H23N5O5/c1-5-35-23(32)16-6-10-17(11-7-16)30-19(15-8-12-18(34-4)13-9-15)14-29-20-21(26-24(29)30)27(2)25(33)28(3)22(20)31/h6-14H,5H2,1-4H3. The van der Waals surface area contributed by atoms with Crippen LogP contribution in [0.4, 0.5) is 0 Å². The fourth-order valence-corrected chi connectivity index (χ4v) is 4.15.